The van der Waals surface area contributed by atoms with Crippen molar-refractivity contribution in [3.05, 3.63) is 46.7 Å². The quantitative estimate of drug-likeness (QED) is 0.391. The van der Waals surface area contributed by atoms with Gasteiger partial charge in [0.1, 0.15) is 0 Å². The van der Waals surface area contributed by atoms with E-state index in [0.29, 0.717) is 22.2 Å². The molecule has 6 heteroatoms. The van der Waals surface area contributed by atoms with E-state index in [4.69, 9.17) is 22.5 Å². The largest absolute Gasteiger partial charge is 0.409 e. The monoisotopic (exact) mass is 276 g/mol. The fourth-order valence-corrected chi connectivity index (χ4v) is 2.20. The Morgan fingerprint density at radius 2 is 2.21 bits per heavy atom. The summed E-state index contributed by atoms with van der Waals surface area (Å²) in [6.45, 7) is 0. The molecule has 2 aromatic rings. The Morgan fingerprint density at radius 1 is 1.42 bits per heavy atom. The molecule has 19 heavy (non-hydrogen) atoms. The molecule has 0 radical (unpaired) electrons. The molecule has 0 aliphatic heterocycles. The van der Waals surface area contributed by atoms with Gasteiger partial charge in [0.2, 0.25) is 0 Å². The maximum Gasteiger partial charge on any atom is 0.172 e. The van der Waals surface area contributed by atoms with Gasteiger partial charge in [0.05, 0.1) is 11.4 Å². The lowest BCUT2D eigenvalue weighted by atomic mass is 10.1. The molecule has 0 saturated heterocycles. The Balaban J connectivity index is 2.08. The predicted molar refractivity (Wildman–Crippen MR) is 73.1 cm³/mol. The number of hydrogen-bond acceptors (Lipinski definition) is 3. The summed E-state index contributed by atoms with van der Waals surface area (Å²) in [4.78, 5) is 0. The summed E-state index contributed by atoms with van der Waals surface area (Å²) in [5.74, 6) is 0.614. The molecule has 1 aromatic heterocycles. The number of rotatable bonds is 3. The number of aromatic nitrogens is 2. The van der Waals surface area contributed by atoms with E-state index in [1.54, 1.807) is 22.9 Å². The summed E-state index contributed by atoms with van der Waals surface area (Å²) >= 11 is 6.01. The lowest BCUT2D eigenvalue weighted by molar-refractivity contribution is 0.318. The molecule has 98 valence electrons. The van der Waals surface area contributed by atoms with Crippen LogP contribution in [0.25, 0.3) is 5.69 Å². The first-order valence-corrected chi connectivity index (χ1v) is 6.40. The first-order chi connectivity index (χ1) is 9.19. The Morgan fingerprint density at radius 3 is 2.89 bits per heavy atom. The summed E-state index contributed by atoms with van der Waals surface area (Å²) < 4.78 is 1.72. The van der Waals surface area contributed by atoms with E-state index in [2.05, 4.69) is 10.3 Å². The van der Waals surface area contributed by atoms with Crippen LogP contribution in [0.4, 0.5) is 0 Å². The van der Waals surface area contributed by atoms with Crippen LogP contribution in [0, 0.1) is 0 Å². The highest BCUT2D eigenvalue weighted by Gasteiger charge is 2.26. The summed E-state index contributed by atoms with van der Waals surface area (Å²) in [5.41, 5.74) is 8.05. The van der Waals surface area contributed by atoms with Gasteiger partial charge in [-0.3, -0.25) is 0 Å². The molecule has 0 bridgehead atoms. The van der Waals surface area contributed by atoms with Crippen molar-refractivity contribution in [3.63, 3.8) is 0 Å². The van der Waals surface area contributed by atoms with Gasteiger partial charge in [-0.1, -0.05) is 16.8 Å². The molecule has 3 rings (SSSR count). The van der Waals surface area contributed by atoms with Crippen LogP contribution in [-0.4, -0.2) is 20.8 Å². The molecule has 5 nitrogen and oxygen atoms in total. The molecule has 1 fully saturated rings. The van der Waals surface area contributed by atoms with Crippen LogP contribution in [0.3, 0.4) is 0 Å². The molecular weight excluding hydrogens is 264 g/mol. The van der Waals surface area contributed by atoms with Crippen molar-refractivity contribution in [1.29, 1.82) is 0 Å². The minimum atomic E-state index is 0.0372. The average Bonchev–Trinajstić information content (AvgIpc) is 3.15. The SMILES string of the molecule is N/C(=N/O)c1ccc(Cl)cc1-n1ccc(C2CC2)n1. The second-order valence-electron chi connectivity index (χ2n) is 4.61. The zero-order valence-electron chi connectivity index (χ0n) is 10.1. The molecule has 1 saturated carbocycles. The maximum atomic E-state index is 8.83. The Kier molecular flexibility index (Phi) is 2.91. The topological polar surface area (TPSA) is 76.4 Å². The zero-order chi connectivity index (χ0) is 13.4. The smallest absolute Gasteiger partial charge is 0.172 e. The van der Waals surface area contributed by atoms with Crippen molar-refractivity contribution in [2.45, 2.75) is 18.8 Å². The lowest BCUT2D eigenvalue weighted by Gasteiger charge is -2.08. The van der Waals surface area contributed by atoms with Gasteiger partial charge in [-0.25, -0.2) is 4.68 Å². The minimum Gasteiger partial charge on any atom is -0.409 e. The number of nitrogens with two attached hydrogens (primary N) is 1. The van der Waals surface area contributed by atoms with Gasteiger partial charge in [0, 0.05) is 22.7 Å². The number of hydrogen-bond donors (Lipinski definition) is 2. The highest BCUT2D eigenvalue weighted by atomic mass is 35.5. The summed E-state index contributed by atoms with van der Waals surface area (Å²) in [6, 6.07) is 7.15. The second kappa shape index (κ2) is 4.59. The molecule has 0 atom stereocenters. The van der Waals surface area contributed by atoms with Crippen LogP contribution < -0.4 is 5.73 Å². The number of nitrogens with zero attached hydrogens (tertiary/aromatic N) is 3. The summed E-state index contributed by atoms with van der Waals surface area (Å²) in [7, 11) is 0. The maximum absolute atomic E-state index is 8.83. The molecule has 1 aliphatic carbocycles. The normalized spacial score (nSPS) is 15.7. The zero-order valence-corrected chi connectivity index (χ0v) is 10.9. The summed E-state index contributed by atoms with van der Waals surface area (Å²) in [5, 5.41) is 17.0. The molecule has 1 aliphatic rings. The van der Waals surface area contributed by atoms with Crippen LogP contribution in [-0.2, 0) is 0 Å². The van der Waals surface area contributed by atoms with Gasteiger partial charge in [-0.05, 0) is 37.1 Å². The van der Waals surface area contributed by atoms with Crippen LogP contribution in [0.15, 0.2) is 35.6 Å². The standard InChI is InChI=1S/C13H13ClN4O/c14-9-3-4-10(13(15)17-19)12(7-9)18-6-5-11(16-18)8-1-2-8/h3-8,19H,1-2H2,(H2,15,17). The van der Waals surface area contributed by atoms with Crippen molar-refractivity contribution < 1.29 is 5.21 Å². The van der Waals surface area contributed by atoms with E-state index < -0.39 is 0 Å². The van der Waals surface area contributed by atoms with Gasteiger partial charge in [-0.2, -0.15) is 5.10 Å². The molecular formula is C13H13ClN4O. The molecule has 1 heterocycles. The van der Waals surface area contributed by atoms with E-state index in [1.807, 2.05) is 12.3 Å². The van der Waals surface area contributed by atoms with E-state index in [1.165, 1.54) is 12.8 Å². The fourth-order valence-electron chi connectivity index (χ4n) is 2.03. The van der Waals surface area contributed by atoms with Crippen molar-refractivity contribution >= 4 is 17.4 Å². The number of amidine groups is 1. The third kappa shape index (κ3) is 2.29. The van der Waals surface area contributed by atoms with E-state index in [9.17, 15) is 0 Å². The lowest BCUT2D eigenvalue weighted by Crippen LogP contribution is -2.16. The molecule has 0 amide bonds. The average molecular weight is 277 g/mol. The third-order valence-corrected chi connectivity index (χ3v) is 3.43. The van der Waals surface area contributed by atoms with Gasteiger partial charge in [0.25, 0.3) is 0 Å². The summed E-state index contributed by atoms with van der Waals surface area (Å²) in [6.07, 6.45) is 4.26. The van der Waals surface area contributed by atoms with Crippen molar-refractivity contribution in [3.8, 4) is 5.69 Å². The van der Waals surface area contributed by atoms with Crippen LogP contribution in [0.2, 0.25) is 5.02 Å². The number of oxime groups is 1. The van der Waals surface area contributed by atoms with Crippen LogP contribution >= 0.6 is 11.6 Å². The minimum absolute atomic E-state index is 0.0372. The van der Waals surface area contributed by atoms with Crippen molar-refractivity contribution in [2.75, 3.05) is 0 Å². The number of benzene rings is 1. The molecule has 0 unspecified atom stereocenters. The van der Waals surface area contributed by atoms with E-state index in [-0.39, 0.29) is 5.84 Å². The van der Waals surface area contributed by atoms with Gasteiger partial charge in [0.15, 0.2) is 5.84 Å². The van der Waals surface area contributed by atoms with E-state index in [0.717, 1.165) is 5.69 Å². The van der Waals surface area contributed by atoms with Crippen molar-refractivity contribution in [2.24, 2.45) is 10.9 Å². The number of halogens is 1. The van der Waals surface area contributed by atoms with Crippen molar-refractivity contribution in [1.82, 2.24) is 9.78 Å². The Hall–Kier alpha value is -2.01. The first-order valence-electron chi connectivity index (χ1n) is 6.02. The van der Waals surface area contributed by atoms with Gasteiger partial charge >= 0.3 is 0 Å². The van der Waals surface area contributed by atoms with Crippen LogP contribution in [0.1, 0.15) is 30.0 Å². The van der Waals surface area contributed by atoms with Gasteiger partial charge < -0.3 is 10.9 Å². The molecule has 1 aromatic carbocycles. The predicted octanol–water partition coefficient (Wildman–Crippen LogP) is 2.50. The van der Waals surface area contributed by atoms with Crippen LogP contribution in [0.5, 0.6) is 0 Å². The Bertz CT molecular complexity index is 646. The van der Waals surface area contributed by atoms with E-state index >= 15 is 0 Å². The first kappa shape index (κ1) is 12.0. The Labute approximate surface area is 115 Å². The molecule has 3 N–H and O–H groups in total. The highest BCUT2D eigenvalue weighted by Crippen LogP contribution is 2.39. The third-order valence-electron chi connectivity index (χ3n) is 3.20. The van der Waals surface area contributed by atoms with Gasteiger partial charge in [-0.15, -0.1) is 0 Å². The highest BCUT2D eigenvalue weighted by molar-refractivity contribution is 6.31. The molecule has 0 spiro atoms. The second-order valence-corrected chi connectivity index (χ2v) is 5.04. The fraction of sp³-hybridized carbons (Fsp3) is 0.231.